The monoisotopic (exact) mass is 998 g/mol. The summed E-state index contributed by atoms with van der Waals surface area (Å²) >= 11 is 0. The van der Waals surface area contributed by atoms with Crippen LogP contribution in [0.25, 0.3) is 0 Å². The van der Waals surface area contributed by atoms with E-state index in [9.17, 15) is 39.6 Å². The largest absolute Gasteiger partial charge is 0.459 e. The Morgan fingerprint density at radius 1 is 0.849 bits per heavy atom. The average Bonchev–Trinajstić information content (AvgIpc) is 3.39. The summed E-state index contributed by atoms with van der Waals surface area (Å²) in [5.41, 5.74) is 3.11. The number of aliphatic hydroxyl groups is 2. The van der Waals surface area contributed by atoms with Crippen molar-refractivity contribution in [2.75, 3.05) is 19.8 Å². The van der Waals surface area contributed by atoms with E-state index in [2.05, 4.69) is 12.7 Å². The van der Waals surface area contributed by atoms with Crippen molar-refractivity contribution in [2.24, 2.45) is 22.9 Å². The van der Waals surface area contributed by atoms with Crippen molar-refractivity contribution in [1.29, 1.82) is 0 Å². The first-order chi connectivity index (χ1) is 35.4. The molecular weight excluding hydrogens is 944 g/mol. The molecule has 17 nitrogen and oxygen atoms in total. The summed E-state index contributed by atoms with van der Waals surface area (Å²) in [5.74, 6) is -2.49. The van der Waals surface area contributed by atoms with Crippen LogP contribution in [0.4, 0.5) is 20.6 Å². The van der Waals surface area contributed by atoms with Gasteiger partial charge in [-0.15, -0.1) is 6.58 Å². The van der Waals surface area contributed by atoms with Crippen LogP contribution in [0.1, 0.15) is 77.9 Å². The van der Waals surface area contributed by atoms with Crippen LogP contribution in [0.3, 0.4) is 0 Å². The summed E-state index contributed by atoms with van der Waals surface area (Å²) in [6.45, 7) is 3.65. The number of allylic oxidation sites excluding steroid dienone is 1. The van der Waals surface area contributed by atoms with Crippen molar-refractivity contribution in [3.63, 3.8) is 0 Å². The Balaban J connectivity index is 1.34. The lowest BCUT2D eigenvalue weighted by Crippen LogP contribution is -2.70. The third-order valence-electron chi connectivity index (χ3n) is 13.6. The van der Waals surface area contributed by atoms with E-state index in [4.69, 9.17) is 28.9 Å². The molecule has 1 amide bonds. The summed E-state index contributed by atoms with van der Waals surface area (Å²) in [6, 6.07) is 27.6. The van der Waals surface area contributed by atoms with Crippen molar-refractivity contribution in [3.05, 3.63) is 188 Å². The van der Waals surface area contributed by atoms with Crippen LogP contribution in [0.2, 0.25) is 0 Å². The Morgan fingerprint density at radius 2 is 1.51 bits per heavy atom. The van der Waals surface area contributed by atoms with Gasteiger partial charge in [0.05, 0.1) is 28.1 Å². The number of hydrogen-bond acceptors (Lipinski definition) is 14. The number of fused-ring (bicyclic) bond motifs is 2. The first-order valence-corrected chi connectivity index (χ1v) is 24.1. The minimum absolute atomic E-state index is 0.00353. The second kappa shape index (κ2) is 23.6. The number of carbonyl (C=O) groups is 2. The number of nitrogens with zero attached hydrogens (tertiary/aromatic N) is 4. The summed E-state index contributed by atoms with van der Waals surface area (Å²) in [6.07, 6.45) is 7.22. The fraction of sp³-hybridized carbons (Fsp3) is 0.327. The van der Waals surface area contributed by atoms with Gasteiger partial charge in [0.25, 0.3) is 11.4 Å². The van der Waals surface area contributed by atoms with Crippen molar-refractivity contribution in [3.8, 4) is 23.0 Å². The Hall–Kier alpha value is -7.80. The Labute approximate surface area is 420 Å². The Bertz CT molecular complexity index is 2840. The normalized spacial score (nSPS) is 21.1. The Kier molecular flexibility index (Phi) is 16.7. The third kappa shape index (κ3) is 11.8. The molecule has 0 radical (unpaired) electrons. The quantitative estimate of drug-likeness (QED) is 0.0205. The number of oxime groups is 1. The maximum absolute atomic E-state index is 15.1. The second-order valence-electron chi connectivity index (χ2n) is 18.1. The van der Waals surface area contributed by atoms with Crippen LogP contribution in [-0.4, -0.2) is 74.7 Å². The zero-order valence-electron chi connectivity index (χ0n) is 39.8. The molecule has 3 aliphatic rings. The van der Waals surface area contributed by atoms with Crippen LogP contribution in [0.15, 0.2) is 145 Å². The number of amides is 1. The number of ether oxygens (including phenoxy) is 4. The van der Waals surface area contributed by atoms with Crippen LogP contribution >= 0.6 is 0 Å². The van der Waals surface area contributed by atoms with Gasteiger partial charge in [0.15, 0.2) is 0 Å². The summed E-state index contributed by atoms with van der Waals surface area (Å²) in [7, 11) is 0. The predicted molar refractivity (Wildman–Crippen MR) is 266 cm³/mol. The van der Waals surface area contributed by atoms with E-state index in [1.165, 1.54) is 65.6 Å². The molecule has 5 aromatic rings. The topological polar surface area (TPSA) is 223 Å². The van der Waals surface area contributed by atoms with E-state index in [0.29, 0.717) is 83.7 Å². The van der Waals surface area contributed by atoms with Crippen LogP contribution in [0.5, 0.6) is 23.0 Å². The maximum atomic E-state index is 15.1. The zero-order valence-corrected chi connectivity index (χ0v) is 39.8. The maximum Gasteiger partial charge on any atom is 0.416 e. The lowest BCUT2D eigenvalue weighted by molar-refractivity contribution is -0.385. The highest BCUT2D eigenvalue weighted by molar-refractivity contribution is 6.03. The summed E-state index contributed by atoms with van der Waals surface area (Å²) in [4.78, 5) is 56.4. The molecule has 1 fully saturated rings. The number of rotatable bonds is 23. The second-order valence-corrected chi connectivity index (χ2v) is 18.1. The molecule has 1 saturated carbocycles. The lowest BCUT2D eigenvalue weighted by Gasteiger charge is -2.59. The molecule has 380 valence electrons. The first kappa shape index (κ1) is 51.6. The highest BCUT2D eigenvalue weighted by Crippen LogP contribution is 2.62. The molecule has 0 bridgehead atoms. The number of hydrogen-bond donors (Lipinski definition) is 2. The predicted octanol–water partition coefficient (Wildman–Crippen LogP) is 10.8. The molecule has 1 heterocycles. The lowest BCUT2D eigenvalue weighted by atomic mass is 9.55. The van der Waals surface area contributed by atoms with Gasteiger partial charge in [-0.2, -0.15) is 0 Å². The minimum Gasteiger partial charge on any atom is -0.459 e. The molecule has 18 heteroatoms. The van der Waals surface area contributed by atoms with Gasteiger partial charge >= 0.3 is 6.09 Å². The number of nitro benzene ring substituents is 2. The van der Waals surface area contributed by atoms with Crippen LogP contribution < -0.4 is 14.2 Å². The SMILES string of the molecule is C=CCOC12Oc3ccc(Oc4cccc(C=O)c4)cc3C3C(CCCCO)C(CCCCO)C=C(C(=NOCc4ccc([N+](=O)[O-])cc4)CC1N(Cc1ccc(F)cc1)C(=O)Oc1ccc([N+](=O)[O-])cc1)C32. The van der Waals surface area contributed by atoms with E-state index in [-0.39, 0.29) is 68.4 Å². The zero-order chi connectivity index (χ0) is 51.5. The molecule has 5 aromatic carbocycles. The molecule has 8 rings (SSSR count). The van der Waals surface area contributed by atoms with Crippen LogP contribution in [-0.2, 0) is 22.7 Å². The highest BCUT2D eigenvalue weighted by atomic mass is 19.1. The highest BCUT2D eigenvalue weighted by Gasteiger charge is 2.66. The molecule has 0 saturated heterocycles. The third-order valence-corrected chi connectivity index (χ3v) is 13.6. The fourth-order valence-electron chi connectivity index (χ4n) is 10.3. The Morgan fingerprint density at radius 3 is 2.18 bits per heavy atom. The number of unbranched alkanes of at least 4 members (excludes halogenated alkanes) is 2. The molecule has 6 atom stereocenters. The number of aldehydes is 1. The summed E-state index contributed by atoms with van der Waals surface area (Å²) < 4.78 is 41.4. The van der Waals surface area contributed by atoms with E-state index < -0.39 is 45.4 Å². The van der Waals surface area contributed by atoms with Crippen molar-refractivity contribution < 1.29 is 57.8 Å². The minimum atomic E-state index is -1.75. The van der Waals surface area contributed by atoms with Gasteiger partial charge in [-0.25, -0.2) is 9.18 Å². The number of nitro groups is 2. The number of aliphatic hydroxyl groups excluding tert-OH is 2. The molecule has 2 aliphatic carbocycles. The van der Waals surface area contributed by atoms with Gasteiger partial charge in [0.2, 0.25) is 5.79 Å². The van der Waals surface area contributed by atoms with Gasteiger partial charge < -0.3 is 34.0 Å². The van der Waals surface area contributed by atoms with E-state index >= 15 is 4.79 Å². The standard InChI is InChI=1S/C55H55FN4O13/c1-2-28-69-55-51(58(33-36-12-16-40(56)17-13-36)54(64)72-43-22-20-42(21-23-43)60(67)68)32-49(57-70-35-37-14-18-41(19-15-37)59(65)66)47-30-39(9-3-5-26-61)46(11-4-6-27-62)52(53(47)55)48-31-45(24-25-50(48)73-55)71-44-10-7-8-38(29-44)34-63/h2,7-8,10,12-25,29-31,34,39,46,51-53,61-62H,1,3-6,9,11,26-28,32-33,35H2. The van der Waals surface area contributed by atoms with E-state index in [1.807, 2.05) is 6.07 Å². The molecule has 1 aliphatic heterocycles. The fourth-order valence-corrected chi connectivity index (χ4v) is 10.3. The molecule has 2 N–H and O–H groups in total. The van der Waals surface area contributed by atoms with E-state index in [1.54, 1.807) is 54.6 Å². The van der Waals surface area contributed by atoms with Gasteiger partial charge in [-0.3, -0.25) is 29.9 Å². The molecule has 73 heavy (non-hydrogen) atoms. The van der Waals surface area contributed by atoms with Gasteiger partial charge in [0, 0.05) is 67.5 Å². The van der Waals surface area contributed by atoms with Gasteiger partial charge in [-0.05, 0) is 121 Å². The number of carbonyl (C=O) groups excluding carboxylic acids is 2. The molecule has 0 spiro atoms. The van der Waals surface area contributed by atoms with Crippen molar-refractivity contribution in [1.82, 2.24) is 4.90 Å². The average molecular weight is 999 g/mol. The van der Waals surface area contributed by atoms with E-state index in [0.717, 1.165) is 11.8 Å². The smallest absolute Gasteiger partial charge is 0.416 e. The van der Waals surface area contributed by atoms with Gasteiger partial charge in [-0.1, -0.05) is 54.4 Å². The number of non-ortho nitro benzene ring substituents is 2. The van der Waals surface area contributed by atoms with Crippen molar-refractivity contribution >= 4 is 29.5 Å². The molecule has 0 aromatic heterocycles. The first-order valence-electron chi connectivity index (χ1n) is 24.1. The molecular formula is C55H55FN4O13. The molecule has 6 unspecified atom stereocenters. The number of benzene rings is 5. The van der Waals surface area contributed by atoms with Gasteiger partial charge in [0.1, 0.15) is 47.8 Å². The summed E-state index contributed by atoms with van der Waals surface area (Å²) in [5, 5.41) is 47.9. The van der Waals surface area contributed by atoms with Crippen LogP contribution in [0, 0.1) is 43.8 Å². The van der Waals surface area contributed by atoms with Crippen molar-refractivity contribution in [2.45, 2.75) is 75.8 Å². The number of halogens is 1.